The van der Waals surface area contributed by atoms with E-state index in [1.54, 1.807) is 13.0 Å². The van der Waals surface area contributed by atoms with Crippen LogP contribution in [0.1, 0.15) is 42.1 Å². The number of rotatable bonds is 9. The molecular weight excluding hydrogens is 445 g/mol. The molecule has 0 saturated heterocycles. The number of aromatic nitrogens is 1. The van der Waals surface area contributed by atoms with Crippen molar-refractivity contribution >= 4 is 5.91 Å². The zero-order valence-electron chi connectivity index (χ0n) is 18.6. The molecule has 0 spiro atoms. The molecular formula is C26H25F3N2O3. The van der Waals surface area contributed by atoms with E-state index >= 15 is 0 Å². The van der Waals surface area contributed by atoms with E-state index in [1.165, 1.54) is 12.3 Å². The standard InChI is InChI=1S/C26H25F3N2O3/c1-17(24-12-11-21(14-30-24)34-16-26(27,28)29)31-25(32)23-13-22(23)19-7-9-20(10-8-19)33-15-18-5-3-2-4-6-18/h2-12,14,17,22-23H,13,15-16H2,1H3,(H,31,32)/t17?,22-,23+/m0/s1. The van der Waals surface area contributed by atoms with Crippen LogP contribution >= 0.6 is 0 Å². The summed E-state index contributed by atoms with van der Waals surface area (Å²) in [5, 5.41) is 2.94. The molecule has 0 aliphatic heterocycles. The van der Waals surface area contributed by atoms with Gasteiger partial charge in [0.2, 0.25) is 5.91 Å². The smallest absolute Gasteiger partial charge is 0.422 e. The molecule has 3 aromatic rings. The first-order chi connectivity index (χ1) is 16.3. The summed E-state index contributed by atoms with van der Waals surface area (Å²) in [6.07, 6.45) is -2.41. The molecule has 1 unspecified atom stereocenters. The maximum atomic E-state index is 12.7. The highest BCUT2D eigenvalue weighted by atomic mass is 19.4. The number of halogens is 3. The zero-order valence-corrected chi connectivity index (χ0v) is 18.6. The molecule has 1 saturated carbocycles. The van der Waals surface area contributed by atoms with Crippen molar-refractivity contribution in [2.24, 2.45) is 5.92 Å². The molecule has 1 aliphatic rings. The highest BCUT2D eigenvalue weighted by Crippen LogP contribution is 2.48. The lowest BCUT2D eigenvalue weighted by atomic mass is 10.1. The van der Waals surface area contributed by atoms with Crippen LogP contribution in [0.5, 0.6) is 11.5 Å². The zero-order chi connectivity index (χ0) is 24.1. The minimum atomic E-state index is -4.41. The number of pyridine rings is 1. The van der Waals surface area contributed by atoms with Crippen molar-refractivity contribution in [1.29, 1.82) is 0 Å². The number of carbonyl (C=O) groups is 1. The summed E-state index contributed by atoms with van der Waals surface area (Å²) in [6, 6.07) is 20.3. The van der Waals surface area contributed by atoms with E-state index in [-0.39, 0.29) is 29.5 Å². The number of nitrogens with one attached hydrogen (secondary N) is 1. The molecule has 8 heteroatoms. The number of nitrogens with zero attached hydrogens (tertiary/aromatic N) is 1. The number of amides is 1. The van der Waals surface area contributed by atoms with Gasteiger partial charge in [-0.2, -0.15) is 13.2 Å². The van der Waals surface area contributed by atoms with E-state index in [0.717, 1.165) is 23.3 Å². The Balaban J connectivity index is 1.25. The van der Waals surface area contributed by atoms with Crippen LogP contribution < -0.4 is 14.8 Å². The summed E-state index contributed by atoms with van der Waals surface area (Å²) in [7, 11) is 0. The van der Waals surface area contributed by atoms with Gasteiger partial charge in [-0.25, -0.2) is 0 Å². The van der Waals surface area contributed by atoms with Gasteiger partial charge in [0, 0.05) is 5.92 Å². The van der Waals surface area contributed by atoms with Gasteiger partial charge in [0.15, 0.2) is 6.61 Å². The van der Waals surface area contributed by atoms with E-state index in [0.29, 0.717) is 12.3 Å². The van der Waals surface area contributed by atoms with Gasteiger partial charge in [0.05, 0.1) is 17.9 Å². The Morgan fingerprint density at radius 3 is 2.38 bits per heavy atom. The topological polar surface area (TPSA) is 60.5 Å². The Hall–Kier alpha value is -3.55. The van der Waals surface area contributed by atoms with E-state index in [4.69, 9.17) is 4.74 Å². The largest absolute Gasteiger partial charge is 0.489 e. The van der Waals surface area contributed by atoms with Crippen LogP contribution in [0.3, 0.4) is 0 Å². The Morgan fingerprint density at radius 2 is 1.74 bits per heavy atom. The lowest BCUT2D eigenvalue weighted by molar-refractivity contribution is -0.153. The SMILES string of the molecule is CC(NC(=O)[C@@H]1C[C@H]1c1ccc(OCc2ccccc2)cc1)c1ccc(OCC(F)(F)F)cn1. The van der Waals surface area contributed by atoms with Crippen molar-refractivity contribution < 1.29 is 27.4 Å². The quantitative estimate of drug-likeness (QED) is 0.443. The molecule has 2 aromatic carbocycles. The van der Waals surface area contributed by atoms with Crippen LogP contribution in [0.2, 0.25) is 0 Å². The average Bonchev–Trinajstić information content (AvgIpc) is 3.63. The van der Waals surface area contributed by atoms with Crippen molar-refractivity contribution in [2.45, 2.75) is 38.1 Å². The predicted molar refractivity (Wildman–Crippen MR) is 120 cm³/mol. The Kier molecular flexibility index (Phi) is 7.05. The predicted octanol–water partition coefficient (Wildman–Crippen LogP) is 5.58. The van der Waals surface area contributed by atoms with Gasteiger partial charge in [0.25, 0.3) is 0 Å². The molecule has 0 bridgehead atoms. The number of hydrogen-bond donors (Lipinski definition) is 1. The van der Waals surface area contributed by atoms with Crippen LogP contribution in [-0.4, -0.2) is 23.7 Å². The average molecular weight is 470 g/mol. The second-order valence-electron chi connectivity index (χ2n) is 8.34. The molecule has 1 N–H and O–H groups in total. The minimum absolute atomic E-state index is 0.0260. The van der Waals surface area contributed by atoms with Crippen LogP contribution in [0.15, 0.2) is 72.9 Å². The first-order valence-corrected chi connectivity index (χ1v) is 11.0. The minimum Gasteiger partial charge on any atom is -0.489 e. The normalized spacial score (nSPS) is 18.1. The molecule has 1 aliphatic carbocycles. The number of alkyl halides is 3. The van der Waals surface area contributed by atoms with Crippen LogP contribution in [-0.2, 0) is 11.4 Å². The molecule has 1 fully saturated rings. The lowest BCUT2D eigenvalue weighted by Crippen LogP contribution is -2.29. The summed E-state index contributed by atoms with van der Waals surface area (Å²) < 4.78 is 47.2. The van der Waals surface area contributed by atoms with Gasteiger partial charge in [-0.15, -0.1) is 0 Å². The fraction of sp³-hybridized carbons (Fsp3) is 0.308. The number of benzene rings is 2. The first kappa shape index (κ1) is 23.6. The second-order valence-corrected chi connectivity index (χ2v) is 8.34. The Labute approximate surface area is 195 Å². The highest BCUT2D eigenvalue weighted by Gasteiger charge is 2.44. The van der Waals surface area contributed by atoms with E-state index in [9.17, 15) is 18.0 Å². The van der Waals surface area contributed by atoms with Crippen molar-refractivity contribution in [3.63, 3.8) is 0 Å². The molecule has 5 nitrogen and oxygen atoms in total. The second kappa shape index (κ2) is 10.2. The lowest BCUT2D eigenvalue weighted by Gasteiger charge is -2.14. The van der Waals surface area contributed by atoms with Gasteiger partial charge < -0.3 is 14.8 Å². The number of hydrogen-bond acceptors (Lipinski definition) is 4. The molecule has 1 aromatic heterocycles. The van der Waals surface area contributed by atoms with Gasteiger partial charge >= 0.3 is 6.18 Å². The Morgan fingerprint density at radius 1 is 1.03 bits per heavy atom. The third kappa shape index (κ3) is 6.50. The van der Waals surface area contributed by atoms with E-state index in [1.807, 2.05) is 54.6 Å². The fourth-order valence-corrected chi connectivity index (χ4v) is 3.70. The summed E-state index contributed by atoms with van der Waals surface area (Å²) >= 11 is 0. The van der Waals surface area contributed by atoms with Crippen molar-refractivity contribution in [3.05, 3.63) is 89.7 Å². The third-order valence-electron chi connectivity index (χ3n) is 5.65. The first-order valence-electron chi connectivity index (χ1n) is 11.0. The highest BCUT2D eigenvalue weighted by molar-refractivity contribution is 5.83. The van der Waals surface area contributed by atoms with Gasteiger partial charge in [0.1, 0.15) is 18.1 Å². The summed E-state index contributed by atoms with van der Waals surface area (Å²) in [5.41, 5.74) is 2.73. The number of ether oxygens (including phenoxy) is 2. The third-order valence-corrected chi connectivity index (χ3v) is 5.65. The maximum absolute atomic E-state index is 12.7. The molecule has 178 valence electrons. The molecule has 3 atom stereocenters. The van der Waals surface area contributed by atoms with Crippen LogP contribution in [0, 0.1) is 5.92 Å². The number of carbonyl (C=O) groups excluding carboxylic acids is 1. The summed E-state index contributed by atoms with van der Waals surface area (Å²) in [4.78, 5) is 16.8. The monoisotopic (exact) mass is 470 g/mol. The van der Waals surface area contributed by atoms with Gasteiger partial charge in [-0.05, 0) is 54.7 Å². The maximum Gasteiger partial charge on any atom is 0.422 e. The Bertz CT molecular complexity index is 1090. The van der Waals surface area contributed by atoms with Gasteiger partial charge in [-0.3, -0.25) is 9.78 Å². The summed E-state index contributed by atoms with van der Waals surface area (Å²) in [5.74, 6) is 0.769. The van der Waals surface area contributed by atoms with E-state index < -0.39 is 12.8 Å². The molecule has 1 amide bonds. The van der Waals surface area contributed by atoms with E-state index in [2.05, 4.69) is 15.0 Å². The molecule has 0 radical (unpaired) electrons. The van der Waals surface area contributed by atoms with Crippen molar-refractivity contribution in [2.75, 3.05) is 6.61 Å². The van der Waals surface area contributed by atoms with Gasteiger partial charge in [-0.1, -0.05) is 42.5 Å². The molecule has 1 heterocycles. The fourth-order valence-electron chi connectivity index (χ4n) is 3.70. The van der Waals surface area contributed by atoms with Crippen molar-refractivity contribution in [1.82, 2.24) is 10.3 Å². The summed E-state index contributed by atoms with van der Waals surface area (Å²) in [6.45, 7) is 0.909. The molecule has 34 heavy (non-hydrogen) atoms. The molecule has 4 rings (SSSR count). The van der Waals surface area contributed by atoms with Crippen LogP contribution in [0.4, 0.5) is 13.2 Å². The van der Waals surface area contributed by atoms with Crippen LogP contribution in [0.25, 0.3) is 0 Å². The van der Waals surface area contributed by atoms with Crippen molar-refractivity contribution in [3.8, 4) is 11.5 Å².